The van der Waals surface area contributed by atoms with Gasteiger partial charge in [-0.3, -0.25) is 14.5 Å². The number of rotatable bonds is 4. The summed E-state index contributed by atoms with van der Waals surface area (Å²) in [6.07, 6.45) is 1.21. The van der Waals surface area contributed by atoms with E-state index in [4.69, 9.17) is 4.74 Å². The number of likely N-dealkylation sites (tertiary alicyclic amines) is 1. The zero-order chi connectivity index (χ0) is 19.7. The van der Waals surface area contributed by atoms with E-state index in [0.717, 1.165) is 22.3 Å². The van der Waals surface area contributed by atoms with Crippen LogP contribution < -0.4 is 4.74 Å². The van der Waals surface area contributed by atoms with Crippen LogP contribution in [0.15, 0.2) is 42.6 Å². The lowest BCUT2D eigenvalue weighted by Gasteiger charge is -2.36. The molecule has 1 aliphatic rings. The molecule has 1 aliphatic heterocycles. The Morgan fingerprint density at radius 3 is 2.89 bits per heavy atom. The standard InChI is InChI=1S/C21H24N4O3/c1-14-11-15(2)25(23-14)13-21(27)24-10-8-20(18(26)12-24)28-19-7-3-6-17-16(19)5-4-9-22-17/h3-7,9,11,18,20,26H,8,10,12-13H2,1-2H3/t18-,20-/m1/s1. The summed E-state index contributed by atoms with van der Waals surface area (Å²) in [5.41, 5.74) is 2.70. The second kappa shape index (κ2) is 7.59. The molecule has 1 fully saturated rings. The number of β-amino-alcohol motifs (C(OH)–C–C–N with tert-alkyl or cyclic N) is 1. The highest BCUT2D eigenvalue weighted by atomic mass is 16.5. The molecule has 1 N–H and O–H groups in total. The fourth-order valence-corrected chi connectivity index (χ4v) is 3.68. The highest BCUT2D eigenvalue weighted by molar-refractivity contribution is 5.84. The third-order valence-electron chi connectivity index (χ3n) is 5.15. The van der Waals surface area contributed by atoms with E-state index in [9.17, 15) is 9.90 Å². The number of aromatic nitrogens is 3. The maximum atomic E-state index is 12.6. The van der Waals surface area contributed by atoms with Crippen LogP contribution in [0.2, 0.25) is 0 Å². The maximum absolute atomic E-state index is 12.6. The molecule has 1 amide bonds. The van der Waals surface area contributed by atoms with E-state index in [0.29, 0.717) is 18.7 Å². The van der Waals surface area contributed by atoms with Crippen LogP contribution in [0.1, 0.15) is 17.8 Å². The first-order chi connectivity index (χ1) is 13.5. The normalized spacial score (nSPS) is 19.8. The number of carbonyl (C=O) groups is 1. The van der Waals surface area contributed by atoms with Gasteiger partial charge in [-0.25, -0.2) is 0 Å². The van der Waals surface area contributed by atoms with E-state index in [1.54, 1.807) is 15.8 Å². The van der Waals surface area contributed by atoms with E-state index in [-0.39, 0.29) is 25.1 Å². The summed E-state index contributed by atoms with van der Waals surface area (Å²) in [6, 6.07) is 11.5. The summed E-state index contributed by atoms with van der Waals surface area (Å²) in [4.78, 5) is 18.6. The Kier molecular flexibility index (Phi) is 5.00. The second-order valence-corrected chi connectivity index (χ2v) is 7.26. The molecule has 146 valence electrons. The van der Waals surface area contributed by atoms with E-state index in [2.05, 4.69) is 10.1 Å². The Morgan fingerprint density at radius 1 is 1.29 bits per heavy atom. The minimum Gasteiger partial charge on any atom is -0.487 e. The minimum absolute atomic E-state index is 0.0435. The smallest absolute Gasteiger partial charge is 0.244 e. The van der Waals surface area contributed by atoms with Crippen molar-refractivity contribution in [2.75, 3.05) is 13.1 Å². The zero-order valence-corrected chi connectivity index (χ0v) is 16.1. The van der Waals surface area contributed by atoms with Gasteiger partial charge in [-0.2, -0.15) is 5.10 Å². The van der Waals surface area contributed by atoms with Crippen LogP contribution >= 0.6 is 0 Å². The molecule has 2 atom stereocenters. The maximum Gasteiger partial charge on any atom is 0.244 e. The Hall–Kier alpha value is -2.93. The number of nitrogens with zero attached hydrogens (tertiary/aromatic N) is 4. The van der Waals surface area contributed by atoms with Gasteiger partial charge in [0.15, 0.2) is 0 Å². The topological polar surface area (TPSA) is 80.5 Å². The SMILES string of the molecule is Cc1cc(C)n(CC(=O)N2CC[C@@H](Oc3cccc4ncccc34)[C@H](O)C2)n1. The zero-order valence-electron chi connectivity index (χ0n) is 16.1. The molecule has 0 radical (unpaired) electrons. The van der Waals surface area contributed by atoms with Crippen LogP contribution in [0, 0.1) is 13.8 Å². The molecule has 1 saturated heterocycles. The van der Waals surface area contributed by atoms with Gasteiger partial charge in [0.2, 0.25) is 5.91 Å². The fraction of sp³-hybridized carbons (Fsp3) is 0.381. The van der Waals surface area contributed by atoms with Gasteiger partial charge in [0.1, 0.15) is 24.5 Å². The molecule has 1 aromatic carbocycles. The van der Waals surface area contributed by atoms with Crippen LogP contribution in [0.3, 0.4) is 0 Å². The first kappa shape index (κ1) is 18.4. The molecule has 0 unspecified atom stereocenters. The van der Waals surface area contributed by atoms with Crippen molar-refractivity contribution in [2.45, 2.75) is 39.0 Å². The lowest BCUT2D eigenvalue weighted by atomic mass is 10.0. The van der Waals surface area contributed by atoms with Gasteiger partial charge in [-0.05, 0) is 44.2 Å². The number of aliphatic hydroxyl groups is 1. The molecule has 4 rings (SSSR count). The molecule has 7 nitrogen and oxygen atoms in total. The predicted molar refractivity (Wildman–Crippen MR) is 105 cm³/mol. The van der Waals surface area contributed by atoms with E-state index >= 15 is 0 Å². The molecule has 0 aliphatic carbocycles. The minimum atomic E-state index is -0.745. The molecular formula is C21H24N4O3. The van der Waals surface area contributed by atoms with Crippen molar-refractivity contribution < 1.29 is 14.6 Å². The average Bonchev–Trinajstić information content (AvgIpc) is 3.00. The molecule has 28 heavy (non-hydrogen) atoms. The number of ether oxygens (including phenoxy) is 1. The summed E-state index contributed by atoms with van der Waals surface area (Å²) in [5.74, 6) is 0.662. The van der Waals surface area contributed by atoms with Crippen molar-refractivity contribution in [3.05, 3.63) is 54.0 Å². The number of hydrogen-bond acceptors (Lipinski definition) is 5. The molecule has 3 heterocycles. The number of piperidine rings is 1. The number of amides is 1. The molecule has 3 aromatic rings. The lowest BCUT2D eigenvalue weighted by molar-refractivity contribution is -0.137. The van der Waals surface area contributed by atoms with Gasteiger partial charge in [0, 0.05) is 30.2 Å². The van der Waals surface area contributed by atoms with E-state index in [1.165, 1.54) is 0 Å². The fourth-order valence-electron chi connectivity index (χ4n) is 3.68. The Morgan fingerprint density at radius 2 is 2.14 bits per heavy atom. The van der Waals surface area contributed by atoms with Crippen LogP contribution in [0.4, 0.5) is 0 Å². The lowest BCUT2D eigenvalue weighted by Crippen LogP contribution is -2.51. The van der Waals surface area contributed by atoms with Gasteiger partial charge in [-0.15, -0.1) is 0 Å². The number of benzene rings is 1. The van der Waals surface area contributed by atoms with E-state index < -0.39 is 6.10 Å². The third kappa shape index (κ3) is 3.71. The quantitative estimate of drug-likeness (QED) is 0.750. The summed E-state index contributed by atoms with van der Waals surface area (Å²) in [6.45, 7) is 4.83. The van der Waals surface area contributed by atoms with Crippen molar-refractivity contribution in [3.63, 3.8) is 0 Å². The first-order valence-electron chi connectivity index (χ1n) is 9.48. The van der Waals surface area contributed by atoms with Crippen LogP contribution in [-0.4, -0.2) is 56.0 Å². The number of aryl methyl sites for hydroxylation is 2. The summed E-state index contributed by atoms with van der Waals surface area (Å²) in [5, 5.41) is 15.8. The molecule has 2 aromatic heterocycles. The molecule has 0 spiro atoms. The largest absolute Gasteiger partial charge is 0.487 e. The van der Waals surface area contributed by atoms with Crippen molar-refractivity contribution in [3.8, 4) is 5.75 Å². The highest BCUT2D eigenvalue weighted by Gasteiger charge is 2.32. The Labute approximate surface area is 163 Å². The van der Waals surface area contributed by atoms with Gasteiger partial charge in [-0.1, -0.05) is 6.07 Å². The third-order valence-corrected chi connectivity index (χ3v) is 5.15. The number of fused-ring (bicyclic) bond motifs is 1. The van der Waals surface area contributed by atoms with Crippen molar-refractivity contribution >= 4 is 16.8 Å². The van der Waals surface area contributed by atoms with Gasteiger partial charge < -0.3 is 14.7 Å². The van der Waals surface area contributed by atoms with Gasteiger partial charge in [0.05, 0.1) is 17.8 Å². The molecule has 0 saturated carbocycles. The second-order valence-electron chi connectivity index (χ2n) is 7.26. The van der Waals surface area contributed by atoms with Crippen LogP contribution in [0.5, 0.6) is 5.75 Å². The Bertz CT molecular complexity index is 995. The average molecular weight is 380 g/mol. The number of pyridine rings is 1. The van der Waals surface area contributed by atoms with Crippen molar-refractivity contribution in [2.24, 2.45) is 0 Å². The van der Waals surface area contributed by atoms with Crippen LogP contribution in [-0.2, 0) is 11.3 Å². The van der Waals surface area contributed by atoms with E-state index in [1.807, 2.05) is 50.2 Å². The molecular weight excluding hydrogens is 356 g/mol. The highest BCUT2D eigenvalue weighted by Crippen LogP contribution is 2.27. The molecule has 7 heteroatoms. The number of carbonyl (C=O) groups excluding carboxylic acids is 1. The number of hydrogen-bond donors (Lipinski definition) is 1. The monoisotopic (exact) mass is 380 g/mol. The van der Waals surface area contributed by atoms with Crippen molar-refractivity contribution in [1.82, 2.24) is 19.7 Å². The molecule has 0 bridgehead atoms. The van der Waals surface area contributed by atoms with Crippen molar-refractivity contribution in [1.29, 1.82) is 0 Å². The predicted octanol–water partition coefficient (Wildman–Crippen LogP) is 2.09. The first-order valence-corrected chi connectivity index (χ1v) is 9.48. The van der Waals surface area contributed by atoms with Crippen LogP contribution in [0.25, 0.3) is 10.9 Å². The number of aliphatic hydroxyl groups excluding tert-OH is 1. The van der Waals surface area contributed by atoms with Gasteiger partial charge in [0.25, 0.3) is 0 Å². The summed E-state index contributed by atoms with van der Waals surface area (Å²) in [7, 11) is 0. The Balaban J connectivity index is 1.41. The van der Waals surface area contributed by atoms with Gasteiger partial charge >= 0.3 is 0 Å². The summed E-state index contributed by atoms with van der Waals surface area (Å²) >= 11 is 0. The summed E-state index contributed by atoms with van der Waals surface area (Å²) < 4.78 is 7.81.